The summed E-state index contributed by atoms with van der Waals surface area (Å²) in [5.74, 6) is 5.12. The Morgan fingerprint density at radius 1 is 1.00 bits per heavy atom. The lowest BCUT2D eigenvalue weighted by atomic mass is 9.50. The van der Waals surface area contributed by atoms with Crippen molar-refractivity contribution in [2.45, 2.75) is 51.5 Å². The molecule has 4 fully saturated rings. The second-order valence-corrected chi connectivity index (χ2v) is 6.08. The van der Waals surface area contributed by atoms with E-state index in [9.17, 15) is 0 Å². The fourth-order valence-electron chi connectivity index (χ4n) is 4.94. The molecule has 4 rings (SSSR count). The molecule has 4 bridgehead atoms. The quantitative estimate of drug-likeness (QED) is 0.717. The number of hydrogen-bond acceptors (Lipinski definition) is 1. The van der Waals surface area contributed by atoms with E-state index in [1.54, 1.807) is 6.42 Å². The third kappa shape index (κ3) is 1.25. The van der Waals surface area contributed by atoms with Crippen LogP contribution in [0.5, 0.6) is 0 Å². The van der Waals surface area contributed by atoms with Crippen molar-refractivity contribution >= 4 is 0 Å². The van der Waals surface area contributed by atoms with Gasteiger partial charge < -0.3 is 5.73 Å². The molecule has 0 aromatic rings. The summed E-state index contributed by atoms with van der Waals surface area (Å²) in [4.78, 5) is 0. The molecule has 0 spiro atoms. The first kappa shape index (κ1) is 9.21. The van der Waals surface area contributed by atoms with E-state index in [0.717, 1.165) is 29.6 Å². The highest BCUT2D eigenvalue weighted by Gasteiger charge is 2.49. The van der Waals surface area contributed by atoms with E-state index in [2.05, 4.69) is 6.92 Å². The normalized spacial score (nSPS) is 52.3. The molecule has 0 saturated heterocycles. The summed E-state index contributed by atoms with van der Waals surface area (Å²) in [6.07, 6.45) is 8.82. The van der Waals surface area contributed by atoms with Gasteiger partial charge in [0, 0.05) is 6.04 Å². The second kappa shape index (κ2) is 3.23. The van der Waals surface area contributed by atoms with Crippen LogP contribution in [0, 0.1) is 29.6 Å². The Labute approximate surface area is 87.4 Å². The molecule has 0 radical (unpaired) electrons. The van der Waals surface area contributed by atoms with Crippen molar-refractivity contribution in [3.8, 4) is 0 Å². The van der Waals surface area contributed by atoms with Gasteiger partial charge in [-0.1, -0.05) is 6.92 Å². The fourth-order valence-corrected chi connectivity index (χ4v) is 4.94. The molecular weight excluding hydrogens is 170 g/mol. The Hall–Kier alpha value is -0.0400. The van der Waals surface area contributed by atoms with Gasteiger partial charge in [0.2, 0.25) is 0 Å². The minimum absolute atomic E-state index is 0.505. The maximum absolute atomic E-state index is 6.30. The Kier molecular flexibility index (Phi) is 2.12. The minimum atomic E-state index is 0.505. The van der Waals surface area contributed by atoms with Gasteiger partial charge in [-0.2, -0.15) is 0 Å². The third-order valence-electron chi connectivity index (χ3n) is 5.27. The molecular formula is C13H23N. The van der Waals surface area contributed by atoms with E-state index in [-0.39, 0.29) is 0 Å². The van der Waals surface area contributed by atoms with E-state index in [1.165, 1.54) is 32.1 Å². The highest BCUT2D eigenvalue weighted by atomic mass is 14.7. The predicted molar refractivity (Wildman–Crippen MR) is 58.8 cm³/mol. The summed E-state index contributed by atoms with van der Waals surface area (Å²) in [5.41, 5.74) is 6.30. The predicted octanol–water partition coefficient (Wildman–Crippen LogP) is 2.80. The van der Waals surface area contributed by atoms with Crippen LogP contribution in [-0.2, 0) is 0 Å². The molecule has 0 amide bonds. The maximum atomic E-state index is 6.30. The van der Waals surface area contributed by atoms with Crippen molar-refractivity contribution in [3.05, 3.63) is 0 Å². The van der Waals surface area contributed by atoms with Gasteiger partial charge in [0.15, 0.2) is 0 Å². The standard InChI is InChI=1S/C13H23N/c1-2-12(14)13-10-4-8-3-9(6-10)7-11(13)5-8/h8-13H,2-7,14H2,1H3. The van der Waals surface area contributed by atoms with Gasteiger partial charge >= 0.3 is 0 Å². The Morgan fingerprint density at radius 2 is 1.50 bits per heavy atom. The zero-order chi connectivity index (χ0) is 9.71. The molecule has 1 nitrogen and oxygen atoms in total. The van der Waals surface area contributed by atoms with Crippen LogP contribution >= 0.6 is 0 Å². The van der Waals surface area contributed by atoms with Crippen LogP contribution in [0.25, 0.3) is 0 Å². The zero-order valence-corrected chi connectivity index (χ0v) is 9.28. The summed E-state index contributed by atoms with van der Waals surface area (Å²) in [6, 6.07) is 0.505. The molecule has 0 aromatic heterocycles. The van der Waals surface area contributed by atoms with Crippen LogP contribution in [0.2, 0.25) is 0 Å². The summed E-state index contributed by atoms with van der Waals surface area (Å²) in [6.45, 7) is 2.26. The van der Waals surface area contributed by atoms with Crippen molar-refractivity contribution in [3.63, 3.8) is 0 Å². The third-order valence-corrected chi connectivity index (χ3v) is 5.27. The first-order chi connectivity index (χ1) is 6.78. The van der Waals surface area contributed by atoms with Crippen molar-refractivity contribution in [2.75, 3.05) is 0 Å². The van der Waals surface area contributed by atoms with E-state index >= 15 is 0 Å². The van der Waals surface area contributed by atoms with Crippen LogP contribution in [-0.4, -0.2) is 6.04 Å². The molecule has 1 heteroatoms. The molecule has 4 aliphatic carbocycles. The van der Waals surface area contributed by atoms with Gasteiger partial charge in [-0.25, -0.2) is 0 Å². The summed E-state index contributed by atoms with van der Waals surface area (Å²) in [7, 11) is 0. The lowest BCUT2D eigenvalue weighted by molar-refractivity contribution is -0.0469. The van der Waals surface area contributed by atoms with Crippen LogP contribution < -0.4 is 5.73 Å². The van der Waals surface area contributed by atoms with Crippen molar-refractivity contribution in [2.24, 2.45) is 35.3 Å². The molecule has 4 aliphatic rings. The van der Waals surface area contributed by atoms with E-state index in [4.69, 9.17) is 5.73 Å². The lowest BCUT2D eigenvalue weighted by Crippen LogP contribution is -2.51. The first-order valence-electron chi connectivity index (χ1n) is 6.53. The smallest absolute Gasteiger partial charge is 0.00698 e. The molecule has 2 N–H and O–H groups in total. The number of hydrogen-bond donors (Lipinski definition) is 1. The molecule has 1 unspecified atom stereocenters. The van der Waals surface area contributed by atoms with Crippen LogP contribution in [0.15, 0.2) is 0 Å². The monoisotopic (exact) mass is 193 g/mol. The van der Waals surface area contributed by atoms with E-state index in [1.807, 2.05) is 0 Å². The number of nitrogens with two attached hydrogens (primary N) is 1. The maximum Gasteiger partial charge on any atom is 0.00698 e. The topological polar surface area (TPSA) is 26.0 Å². The highest BCUT2D eigenvalue weighted by Crippen LogP contribution is 2.57. The summed E-state index contributed by atoms with van der Waals surface area (Å²) in [5, 5.41) is 0. The summed E-state index contributed by atoms with van der Waals surface area (Å²) >= 11 is 0. The molecule has 0 aliphatic heterocycles. The fraction of sp³-hybridized carbons (Fsp3) is 1.00. The largest absolute Gasteiger partial charge is 0.327 e. The van der Waals surface area contributed by atoms with Gasteiger partial charge in [0.25, 0.3) is 0 Å². The average molecular weight is 193 g/mol. The minimum Gasteiger partial charge on any atom is -0.327 e. The van der Waals surface area contributed by atoms with Crippen molar-refractivity contribution < 1.29 is 0 Å². The lowest BCUT2D eigenvalue weighted by Gasteiger charge is -2.56. The van der Waals surface area contributed by atoms with Gasteiger partial charge in [-0.15, -0.1) is 0 Å². The van der Waals surface area contributed by atoms with Gasteiger partial charge in [0.05, 0.1) is 0 Å². The Bertz CT molecular complexity index is 195. The highest BCUT2D eigenvalue weighted by molar-refractivity contribution is 5.00. The van der Waals surface area contributed by atoms with Crippen LogP contribution in [0.1, 0.15) is 45.4 Å². The van der Waals surface area contributed by atoms with Gasteiger partial charge in [-0.05, 0) is 68.1 Å². The van der Waals surface area contributed by atoms with E-state index < -0.39 is 0 Å². The van der Waals surface area contributed by atoms with Gasteiger partial charge in [0.1, 0.15) is 0 Å². The molecule has 4 saturated carbocycles. The molecule has 1 atom stereocenters. The van der Waals surface area contributed by atoms with Gasteiger partial charge in [-0.3, -0.25) is 0 Å². The van der Waals surface area contributed by atoms with Crippen LogP contribution in [0.4, 0.5) is 0 Å². The second-order valence-electron chi connectivity index (χ2n) is 6.08. The van der Waals surface area contributed by atoms with Crippen molar-refractivity contribution in [1.82, 2.24) is 0 Å². The number of rotatable bonds is 2. The Balaban J connectivity index is 1.81. The molecule has 80 valence electrons. The molecule has 14 heavy (non-hydrogen) atoms. The molecule has 0 heterocycles. The van der Waals surface area contributed by atoms with Crippen molar-refractivity contribution in [1.29, 1.82) is 0 Å². The van der Waals surface area contributed by atoms with E-state index in [0.29, 0.717) is 6.04 Å². The first-order valence-corrected chi connectivity index (χ1v) is 6.53. The zero-order valence-electron chi connectivity index (χ0n) is 9.28. The van der Waals surface area contributed by atoms with Crippen LogP contribution in [0.3, 0.4) is 0 Å². The summed E-state index contributed by atoms with van der Waals surface area (Å²) < 4.78 is 0. The average Bonchev–Trinajstić information content (AvgIpc) is 2.15. The SMILES string of the molecule is CCC(N)C1C2CC3CC(C2)CC1C3. The molecule has 0 aromatic carbocycles. The Morgan fingerprint density at radius 3 is 1.93 bits per heavy atom.